The van der Waals surface area contributed by atoms with Crippen molar-refractivity contribution in [3.8, 4) is 0 Å². The number of carbonyl (C=O) groups excluding carboxylic acids is 1. The molecule has 5 nitrogen and oxygen atoms in total. The fourth-order valence-electron chi connectivity index (χ4n) is 2.41. The van der Waals surface area contributed by atoms with Crippen molar-refractivity contribution in [3.05, 3.63) is 33.8 Å². The first-order valence-electron chi connectivity index (χ1n) is 6.41. The van der Waals surface area contributed by atoms with Crippen LogP contribution in [0.4, 0.5) is 0 Å². The summed E-state index contributed by atoms with van der Waals surface area (Å²) in [5.41, 5.74) is 0.621. The number of benzene rings is 1. The quantitative estimate of drug-likeness (QED) is 0.918. The maximum Gasteiger partial charge on any atom is 0.326 e. The summed E-state index contributed by atoms with van der Waals surface area (Å²) in [4.78, 5) is 24.9. The molecule has 1 fully saturated rings. The van der Waals surface area contributed by atoms with E-state index < -0.39 is 12.0 Å². The molecular formula is C14H15Cl2NO4. The first-order valence-corrected chi connectivity index (χ1v) is 7.17. The number of methoxy groups -OCH3 is 1. The summed E-state index contributed by atoms with van der Waals surface area (Å²) in [5, 5.41) is 10.1. The van der Waals surface area contributed by atoms with Crippen LogP contribution in [0.2, 0.25) is 10.0 Å². The standard InChI is InChI=1S/C14H15Cl2NO4/c1-21-10-6-12(14(19)20)17(7-10)13(18)4-8-2-3-9(15)5-11(8)16/h2-3,5,10,12H,4,6-7H2,1H3,(H,19,20). The van der Waals surface area contributed by atoms with Crippen LogP contribution in [0.15, 0.2) is 18.2 Å². The van der Waals surface area contributed by atoms with Crippen molar-refractivity contribution in [1.82, 2.24) is 4.90 Å². The molecule has 0 radical (unpaired) electrons. The molecule has 0 aromatic heterocycles. The van der Waals surface area contributed by atoms with E-state index in [0.717, 1.165) is 0 Å². The summed E-state index contributed by atoms with van der Waals surface area (Å²) in [7, 11) is 1.51. The predicted molar refractivity (Wildman–Crippen MR) is 78.7 cm³/mol. The Morgan fingerprint density at radius 1 is 1.43 bits per heavy atom. The van der Waals surface area contributed by atoms with Gasteiger partial charge in [-0.15, -0.1) is 0 Å². The van der Waals surface area contributed by atoms with Crippen LogP contribution in [0.1, 0.15) is 12.0 Å². The summed E-state index contributed by atoms with van der Waals surface area (Å²) in [6, 6.07) is 4.02. The zero-order valence-corrected chi connectivity index (χ0v) is 12.9. The zero-order chi connectivity index (χ0) is 15.6. The second-order valence-corrected chi connectivity index (χ2v) is 5.75. The number of hydrogen-bond acceptors (Lipinski definition) is 3. The fraction of sp³-hybridized carbons (Fsp3) is 0.429. The molecule has 1 aliphatic heterocycles. The van der Waals surface area contributed by atoms with E-state index in [0.29, 0.717) is 22.0 Å². The van der Waals surface area contributed by atoms with Crippen LogP contribution < -0.4 is 0 Å². The van der Waals surface area contributed by atoms with E-state index >= 15 is 0 Å². The number of ether oxygens (including phenoxy) is 1. The van der Waals surface area contributed by atoms with Gasteiger partial charge in [-0.05, 0) is 17.7 Å². The van der Waals surface area contributed by atoms with Crippen molar-refractivity contribution >= 4 is 35.1 Å². The monoisotopic (exact) mass is 331 g/mol. The number of rotatable bonds is 4. The van der Waals surface area contributed by atoms with Gasteiger partial charge in [-0.2, -0.15) is 0 Å². The Morgan fingerprint density at radius 3 is 2.71 bits per heavy atom. The minimum absolute atomic E-state index is 0.0379. The van der Waals surface area contributed by atoms with Gasteiger partial charge in [0.2, 0.25) is 5.91 Å². The number of carboxylic acid groups (broad SMARTS) is 1. The summed E-state index contributed by atoms with van der Waals surface area (Å²) in [6.45, 7) is 0.275. The largest absolute Gasteiger partial charge is 0.480 e. The molecule has 1 saturated heterocycles. The van der Waals surface area contributed by atoms with Gasteiger partial charge < -0.3 is 14.7 Å². The molecule has 0 spiro atoms. The number of halogens is 2. The SMILES string of the molecule is COC1CC(C(=O)O)N(C(=O)Cc2ccc(Cl)cc2Cl)C1. The number of carbonyl (C=O) groups is 2. The molecule has 1 heterocycles. The van der Waals surface area contributed by atoms with Crippen molar-refractivity contribution in [2.24, 2.45) is 0 Å². The van der Waals surface area contributed by atoms with Crippen molar-refractivity contribution in [1.29, 1.82) is 0 Å². The highest BCUT2D eigenvalue weighted by atomic mass is 35.5. The number of nitrogens with zero attached hydrogens (tertiary/aromatic N) is 1. The Bertz CT molecular complexity index is 564. The zero-order valence-electron chi connectivity index (χ0n) is 11.4. The normalized spacial score (nSPS) is 21.6. The van der Waals surface area contributed by atoms with Gasteiger partial charge >= 0.3 is 5.97 Å². The molecule has 114 valence electrons. The Balaban J connectivity index is 2.13. The van der Waals surface area contributed by atoms with Gasteiger partial charge in [-0.1, -0.05) is 29.3 Å². The maximum atomic E-state index is 12.3. The topological polar surface area (TPSA) is 66.8 Å². The average Bonchev–Trinajstić information content (AvgIpc) is 2.86. The van der Waals surface area contributed by atoms with Crippen LogP contribution in [-0.2, 0) is 20.7 Å². The van der Waals surface area contributed by atoms with Gasteiger partial charge in [-0.3, -0.25) is 4.79 Å². The first-order chi connectivity index (χ1) is 9.92. The van der Waals surface area contributed by atoms with Crippen LogP contribution in [-0.4, -0.2) is 47.7 Å². The second kappa shape index (κ2) is 6.64. The number of carboxylic acids is 1. The fourth-order valence-corrected chi connectivity index (χ4v) is 2.88. The second-order valence-electron chi connectivity index (χ2n) is 4.91. The lowest BCUT2D eigenvalue weighted by atomic mass is 10.1. The number of likely N-dealkylation sites (tertiary alicyclic amines) is 1. The molecule has 2 unspecified atom stereocenters. The Kier molecular flexibility index (Phi) is 5.08. The van der Waals surface area contributed by atoms with Gasteiger partial charge in [0, 0.05) is 30.1 Å². The molecule has 1 N–H and O–H groups in total. The molecular weight excluding hydrogens is 317 g/mol. The number of aliphatic carboxylic acids is 1. The average molecular weight is 332 g/mol. The molecule has 21 heavy (non-hydrogen) atoms. The Morgan fingerprint density at radius 2 is 2.14 bits per heavy atom. The molecule has 1 amide bonds. The smallest absolute Gasteiger partial charge is 0.326 e. The van der Waals surface area contributed by atoms with Crippen LogP contribution in [0, 0.1) is 0 Å². The first kappa shape index (κ1) is 16.1. The van der Waals surface area contributed by atoms with E-state index in [4.69, 9.17) is 27.9 Å². The highest BCUT2D eigenvalue weighted by molar-refractivity contribution is 6.35. The van der Waals surface area contributed by atoms with Gasteiger partial charge in [0.15, 0.2) is 0 Å². The van der Waals surface area contributed by atoms with E-state index in [1.165, 1.54) is 12.0 Å². The summed E-state index contributed by atoms with van der Waals surface area (Å²) in [6.07, 6.45) is 0.0815. The lowest BCUT2D eigenvalue weighted by Gasteiger charge is -2.21. The van der Waals surface area contributed by atoms with E-state index in [-0.39, 0.29) is 25.0 Å². The van der Waals surface area contributed by atoms with E-state index in [2.05, 4.69) is 0 Å². The third-order valence-electron chi connectivity index (χ3n) is 3.56. The van der Waals surface area contributed by atoms with E-state index in [1.54, 1.807) is 18.2 Å². The molecule has 2 rings (SSSR count). The maximum absolute atomic E-state index is 12.3. The number of amides is 1. The molecule has 2 atom stereocenters. The molecule has 0 bridgehead atoms. The molecule has 1 aromatic carbocycles. The summed E-state index contributed by atoms with van der Waals surface area (Å²) >= 11 is 11.8. The summed E-state index contributed by atoms with van der Waals surface area (Å²) in [5.74, 6) is -1.31. The third-order valence-corrected chi connectivity index (χ3v) is 4.15. The van der Waals surface area contributed by atoms with E-state index in [1.807, 2.05) is 0 Å². The van der Waals surface area contributed by atoms with Crippen molar-refractivity contribution in [2.75, 3.05) is 13.7 Å². The molecule has 0 saturated carbocycles. The Hall–Kier alpha value is -1.30. The number of hydrogen-bond donors (Lipinski definition) is 1. The minimum Gasteiger partial charge on any atom is -0.480 e. The van der Waals surface area contributed by atoms with Crippen LogP contribution in [0.5, 0.6) is 0 Å². The van der Waals surface area contributed by atoms with Gasteiger partial charge in [0.05, 0.1) is 12.5 Å². The van der Waals surface area contributed by atoms with Crippen molar-refractivity contribution in [2.45, 2.75) is 25.0 Å². The third kappa shape index (κ3) is 3.67. The van der Waals surface area contributed by atoms with Crippen LogP contribution in [0.25, 0.3) is 0 Å². The molecule has 1 aromatic rings. The lowest BCUT2D eigenvalue weighted by Crippen LogP contribution is -2.41. The molecule has 7 heteroatoms. The van der Waals surface area contributed by atoms with Crippen LogP contribution in [0.3, 0.4) is 0 Å². The predicted octanol–water partition coefficient (Wildman–Crippen LogP) is 2.24. The Labute approximate surface area is 132 Å². The molecule has 0 aliphatic carbocycles. The van der Waals surface area contributed by atoms with Crippen molar-refractivity contribution in [3.63, 3.8) is 0 Å². The summed E-state index contributed by atoms with van der Waals surface area (Å²) < 4.78 is 5.16. The lowest BCUT2D eigenvalue weighted by molar-refractivity contribution is -0.148. The molecule has 1 aliphatic rings. The van der Waals surface area contributed by atoms with Crippen molar-refractivity contribution < 1.29 is 19.4 Å². The van der Waals surface area contributed by atoms with E-state index in [9.17, 15) is 14.7 Å². The highest BCUT2D eigenvalue weighted by Gasteiger charge is 2.39. The minimum atomic E-state index is -1.02. The highest BCUT2D eigenvalue weighted by Crippen LogP contribution is 2.25. The van der Waals surface area contributed by atoms with Gasteiger partial charge in [0.1, 0.15) is 6.04 Å². The van der Waals surface area contributed by atoms with Gasteiger partial charge in [-0.25, -0.2) is 4.79 Å². The van der Waals surface area contributed by atoms with Gasteiger partial charge in [0.25, 0.3) is 0 Å². The van der Waals surface area contributed by atoms with Crippen LogP contribution >= 0.6 is 23.2 Å².